The van der Waals surface area contributed by atoms with Crippen LogP contribution in [0.2, 0.25) is 5.02 Å². The topological polar surface area (TPSA) is 15.3 Å². The lowest BCUT2D eigenvalue weighted by Gasteiger charge is -2.34. The molecule has 0 saturated carbocycles. The molecule has 2 aliphatic heterocycles. The van der Waals surface area contributed by atoms with Crippen LogP contribution in [0, 0.1) is 11.7 Å². The van der Waals surface area contributed by atoms with E-state index in [4.69, 9.17) is 11.6 Å². The van der Waals surface area contributed by atoms with Crippen LogP contribution in [0.3, 0.4) is 0 Å². The molecule has 0 amide bonds. The van der Waals surface area contributed by atoms with E-state index in [9.17, 15) is 4.39 Å². The average molecular weight is 305 g/mol. The number of halogens is 3. The van der Waals surface area contributed by atoms with E-state index in [1.807, 2.05) is 6.07 Å². The molecule has 5 heteroatoms. The summed E-state index contributed by atoms with van der Waals surface area (Å²) in [5.41, 5.74) is 1.10. The van der Waals surface area contributed by atoms with Crippen LogP contribution < -0.4 is 5.32 Å². The Morgan fingerprint density at radius 2 is 2.21 bits per heavy atom. The molecule has 2 atom stereocenters. The van der Waals surface area contributed by atoms with Gasteiger partial charge in [0.1, 0.15) is 5.82 Å². The number of nitrogens with one attached hydrogen (secondary N) is 1. The Balaban J connectivity index is 0.00000133. The lowest BCUT2D eigenvalue weighted by molar-refractivity contribution is 0.156. The van der Waals surface area contributed by atoms with Gasteiger partial charge in [-0.2, -0.15) is 0 Å². The monoisotopic (exact) mass is 304 g/mol. The van der Waals surface area contributed by atoms with Gasteiger partial charge < -0.3 is 5.32 Å². The van der Waals surface area contributed by atoms with Gasteiger partial charge in [0.25, 0.3) is 0 Å². The summed E-state index contributed by atoms with van der Waals surface area (Å²) < 4.78 is 13.1. The van der Waals surface area contributed by atoms with Crippen LogP contribution in [-0.4, -0.2) is 30.6 Å². The van der Waals surface area contributed by atoms with Crippen molar-refractivity contribution in [1.29, 1.82) is 0 Å². The van der Waals surface area contributed by atoms with Crippen LogP contribution in [0.15, 0.2) is 18.2 Å². The van der Waals surface area contributed by atoms with E-state index < -0.39 is 0 Å². The smallest absolute Gasteiger partial charge is 0.141 e. The van der Waals surface area contributed by atoms with Gasteiger partial charge >= 0.3 is 0 Å². The van der Waals surface area contributed by atoms with E-state index >= 15 is 0 Å². The SMILES string of the molecule is Cl.Fc1ccc(CN2CCC3NCCC3C2)cc1Cl. The van der Waals surface area contributed by atoms with E-state index in [1.165, 1.54) is 18.9 Å². The molecule has 0 aromatic heterocycles. The summed E-state index contributed by atoms with van der Waals surface area (Å²) >= 11 is 5.82. The normalized spacial score (nSPS) is 26.8. The second-order valence-electron chi connectivity index (χ2n) is 5.38. The molecule has 1 aromatic carbocycles. The largest absolute Gasteiger partial charge is 0.314 e. The lowest BCUT2D eigenvalue weighted by Crippen LogP contribution is -2.43. The number of nitrogens with zero attached hydrogens (tertiary/aromatic N) is 1. The molecule has 19 heavy (non-hydrogen) atoms. The van der Waals surface area contributed by atoms with Crippen molar-refractivity contribution in [2.75, 3.05) is 19.6 Å². The zero-order chi connectivity index (χ0) is 12.5. The average Bonchev–Trinajstić information content (AvgIpc) is 2.81. The molecule has 2 nitrogen and oxygen atoms in total. The maximum atomic E-state index is 13.1. The molecule has 0 aliphatic carbocycles. The van der Waals surface area contributed by atoms with Gasteiger partial charge in [0.2, 0.25) is 0 Å². The van der Waals surface area contributed by atoms with Crippen LogP contribution in [0.25, 0.3) is 0 Å². The molecule has 0 bridgehead atoms. The van der Waals surface area contributed by atoms with Gasteiger partial charge in [-0.25, -0.2) is 4.39 Å². The van der Waals surface area contributed by atoms with Gasteiger partial charge in [-0.1, -0.05) is 17.7 Å². The van der Waals surface area contributed by atoms with Gasteiger partial charge in [-0.05, 0) is 49.5 Å². The molecular weight excluding hydrogens is 286 g/mol. The lowest BCUT2D eigenvalue weighted by atomic mass is 9.93. The Hall–Kier alpha value is -0.350. The highest BCUT2D eigenvalue weighted by atomic mass is 35.5. The molecular formula is C14H19Cl2FN2. The molecule has 3 rings (SSSR count). The highest BCUT2D eigenvalue weighted by Crippen LogP contribution is 2.26. The maximum Gasteiger partial charge on any atom is 0.141 e. The van der Waals surface area contributed by atoms with Gasteiger partial charge in [0.15, 0.2) is 0 Å². The van der Waals surface area contributed by atoms with Gasteiger partial charge in [0.05, 0.1) is 5.02 Å². The second-order valence-corrected chi connectivity index (χ2v) is 5.79. The first-order chi connectivity index (χ1) is 8.72. The van der Waals surface area contributed by atoms with Crippen LogP contribution in [-0.2, 0) is 6.54 Å². The number of piperidine rings is 1. The Labute approximate surface area is 124 Å². The Bertz CT molecular complexity index is 441. The Morgan fingerprint density at radius 3 is 3.00 bits per heavy atom. The van der Waals surface area contributed by atoms with Crippen molar-refractivity contribution in [2.24, 2.45) is 5.92 Å². The molecule has 1 N–H and O–H groups in total. The molecule has 0 spiro atoms. The number of fused-ring (bicyclic) bond motifs is 1. The fourth-order valence-electron chi connectivity index (χ4n) is 3.16. The van der Waals surface area contributed by atoms with Gasteiger partial charge in [0, 0.05) is 19.1 Å². The number of benzene rings is 1. The summed E-state index contributed by atoms with van der Waals surface area (Å²) in [6.45, 7) is 4.30. The second kappa shape index (κ2) is 6.40. The first kappa shape index (κ1) is 15.0. The van der Waals surface area contributed by atoms with Crippen LogP contribution in [0.4, 0.5) is 4.39 Å². The summed E-state index contributed by atoms with van der Waals surface area (Å²) in [4.78, 5) is 2.46. The van der Waals surface area contributed by atoms with E-state index in [0.29, 0.717) is 0 Å². The molecule has 106 valence electrons. The predicted molar refractivity (Wildman–Crippen MR) is 78.4 cm³/mol. The molecule has 2 aliphatic rings. The zero-order valence-corrected chi connectivity index (χ0v) is 12.3. The molecule has 2 fully saturated rings. The van der Waals surface area contributed by atoms with Crippen LogP contribution in [0.1, 0.15) is 18.4 Å². The van der Waals surface area contributed by atoms with E-state index in [-0.39, 0.29) is 23.2 Å². The highest BCUT2D eigenvalue weighted by Gasteiger charge is 2.32. The molecule has 1 aromatic rings. The Morgan fingerprint density at radius 1 is 1.37 bits per heavy atom. The van der Waals surface area contributed by atoms with Crippen LogP contribution >= 0.6 is 24.0 Å². The number of hydrogen-bond acceptors (Lipinski definition) is 2. The first-order valence-corrected chi connectivity index (χ1v) is 7.00. The summed E-state index contributed by atoms with van der Waals surface area (Å²) in [6.07, 6.45) is 2.50. The minimum absolute atomic E-state index is 0. The molecule has 2 saturated heterocycles. The molecule has 2 unspecified atom stereocenters. The van der Waals surface area contributed by atoms with Crippen molar-refractivity contribution in [3.63, 3.8) is 0 Å². The Kier molecular flexibility index (Phi) is 5.07. The van der Waals surface area contributed by atoms with Crippen molar-refractivity contribution in [3.8, 4) is 0 Å². The van der Waals surface area contributed by atoms with Crippen LogP contribution in [0.5, 0.6) is 0 Å². The van der Waals surface area contributed by atoms with Crippen molar-refractivity contribution < 1.29 is 4.39 Å². The van der Waals surface area contributed by atoms with Crippen molar-refractivity contribution in [1.82, 2.24) is 10.2 Å². The van der Waals surface area contributed by atoms with E-state index in [2.05, 4.69) is 10.2 Å². The summed E-state index contributed by atoms with van der Waals surface area (Å²) in [6, 6.07) is 5.76. The number of hydrogen-bond donors (Lipinski definition) is 1. The number of likely N-dealkylation sites (tertiary alicyclic amines) is 1. The molecule has 2 heterocycles. The van der Waals surface area contributed by atoms with E-state index in [1.54, 1.807) is 6.07 Å². The van der Waals surface area contributed by atoms with Crippen molar-refractivity contribution in [2.45, 2.75) is 25.4 Å². The summed E-state index contributed by atoms with van der Waals surface area (Å²) in [5, 5.41) is 3.79. The number of rotatable bonds is 2. The highest BCUT2D eigenvalue weighted by molar-refractivity contribution is 6.30. The minimum atomic E-state index is -0.334. The third kappa shape index (κ3) is 3.40. The van der Waals surface area contributed by atoms with Crippen molar-refractivity contribution in [3.05, 3.63) is 34.6 Å². The summed E-state index contributed by atoms with van der Waals surface area (Å²) in [7, 11) is 0. The van der Waals surface area contributed by atoms with Gasteiger partial charge in [-0.3, -0.25) is 4.90 Å². The van der Waals surface area contributed by atoms with Crippen molar-refractivity contribution >= 4 is 24.0 Å². The first-order valence-electron chi connectivity index (χ1n) is 6.62. The fourth-order valence-corrected chi connectivity index (χ4v) is 3.37. The minimum Gasteiger partial charge on any atom is -0.314 e. The quantitative estimate of drug-likeness (QED) is 0.903. The van der Waals surface area contributed by atoms with E-state index in [0.717, 1.165) is 43.7 Å². The zero-order valence-electron chi connectivity index (χ0n) is 10.7. The predicted octanol–water partition coefficient (Wildman–Crippen LogP) is 3.08. The molecule has 0 radical (unpaired) electrons. The maximum absolute atomic E-state index is 13.1. The van der Waals surface area contributed by atoms with Gasteiger partial charge in [-0.15, -0.1) is 12.4 Å². The fraction of sp³-hybridized carbons (Fsp3) is 0.571. The third-order valence-corrected chi connectivity index (χ3v) is 4.42. The summed E-state index contributed by atoms with van der Waals surface area (Å²) in [5.74, 6) is 0.453. The standard InChI is InChI=1S/C14H18ClFN2.ClH/c15-12-7-10(1-2-13(12)16)8-18-6-4-14-11(9-18)3-5-17-14;/h1-2,7,11,14,17H,3-6,8-9H2;1H. The third-order valence-electron chi connectivity index (χ3n) is 4.13.